The number of anilines is 1. The molecule has 0 aromatic carbocycles. The van der Waals surface area contributed by atoms with E-state index in [0.717, 1.165) is 12.4 Å². The standard InChI is InChI=1S/C14H25N3O/c1-5-15-12(4)13-7-6-8-16-14(13)17(9-10-18)11(2)3/h6-8,11-12,15,18H,5,9-10H2,1-4H3. The van der Waals surface area contributed by atoms with E-state index in [9.17, 15) is 5.11 Å². The molecule has 1 rings (SSSR count). The molecule has 0 radical (unpaired) electrons. The highest BCUT2D eigenvalue weighted by Gasteiger charge is 2.18. The molecule has 0 saturated carbocycles. The third-order valence-corrected chi connectivity index (χ3v) is 3.03. The average molecular weight is 251 g/mol. The van der Waals surface area contributed by atoms with Crippen LogP contribution in [-0.2, 0) is 0 Å². The lowest BCUT2D eigenvalue weighted by molar-refractivity contribution is 0.298. The lowest BCUT2D eigenvalue weighted by atomic mass is 10.1. The molecule has 0 aliphatic rings. The van der Waals surface area contributed by atoms with Gasteiger partial charge in [0.05, 0.1) is 6.61 Å². The fraction of sp³-hybridized carbons (Fsp3) is 0.643. The summed E-state index contributed by atoms with van der Waals surface area (Å²) in [5, 5.41) is 12.6. The lowest BCUT2D eigenvalue weighted by Gasteiger charge is -2.30. The molecular formula is C14H25N3O. The van der Waals surface area contributed by atoms with Gasteiger partial charge in [-0.25, -0.2) is 4.98 Å². The van der Waals surface area contributed by atoms with Gasteiger partial charge >= 0.3 is 0 Å². The molecule has 18 heavy (non-hydrogen) atoms. The molecule has 4 heteroatoms. The van der Waals surface area contributed by atoms with Gasteiger partial charge in [0.15, 0.2) is 0 Å². The van der Waals surface area contributed by atoms with Crippen LogP contribution in [0.4, 0.5) is 5.82 Å². The molecule has 2 N–H and O–H groups in total. The van der Waals surface area contributed by atoms with E-state index in [-0.39, 0.29) is 12.6 Å². The summed E-state index contributed by atoms with van der Waals surface area (Å²) >= 11 is 0. The molecule has 0 saturated heterocycles. The van der Waals surface area contributed by atoms with Gasteiger partial charge in [-0.3, -0.25) is 0 Å². The van der Waals surface area contributed by atoms with Gasteiger partial charge in [0, 0.05) is 30.4 Å². The van der Waals surface area contributed by atoms with Crippen molar-refractivity contribution in [1.82, 2.24) is 10.3 Å². The SMILES string of the molecule is CCNC(C)c1cccnc1N(CCO)C(C)C. The Morgan fingerprint density at radius 2 is 2.11 bits per heavy atom. The Bertz CT molecular complexity index is 355. The summed E-state index contributed by atoms with van der Waals surface area (Å²) in [5.41, 5.74) is 1.18. The largest absolute Gasteiger partial charge is 0.395 e. The molecule has 1 atom stereocenters. The van der Waals surface area contributed by atoms with Crippen LogP contribution in [0.15, 0.2) is 18.3 Å². The van der Waals surface area contributed by atoms with Crippen LogP contribution in [0.25, 0.3) is 0 Å². The molecule has 1 aromatic rings. The van der Waals surface area contributed by atoms with E-state index in [2.05, 4.69) is 49.0 Å². The van der Waals surface area contributed by atoms with Crippen LogP contribution in [0.3, 0.4) is 0 Å². The Labute approximate surface area is 110 Å². The number of hydrogen-bond acceptors (Lipinski definition) is 4. The molecule has 4 nitrogen and oxygen atoms in total. The van der Waals surface area contributed by atoms with Crippen molar-refractivity contribution < 1.29 is 5.11 Å². The molecule has 1 aromatic heterocycles. The lowest BCUT2D eigenvalue weighted by Crippen LogP contribution is -2.35. The molecule has 0 bridgehead atoms. The molecule has 0 spiro atoms. The molecular weight excluding hydrogens is 226 g/mol. The highest BCUT2D eigenvalue weighted by molar-refractivity contribution is 5.49. The number of aliphatic hydroxyl groups excluding tert-OH is 1. The van der Waals surface area contributed by atoms with Crippen LogP contribution in [0.2, 0.25) is 0 Å². The summed E-state index contributed by atoms with van der Waals surface area (Å²) in [6.07, 6.45) is 1.81. The van der Waals surface area contributed by atoms with Gasteiger partial charge in [-0.2, -0.15) is 0 Å². The number of aliphatic hydroxyl groups is 1. The first-order valence-corrected chi connectivity index (χ1v) is 6.67. The summed E-state index contributed by atoms with van der Waals surface area (Å²) < 4.78 is 0. The minimum absolute atomic E-state index is 0.143. The van der Waals surface area contributed by atoms with E-state index >= 15 is 0 Å². The second-order valence-corrected chi connectivity index (χ2v) is 4.71. The molecule has 0 amide bonds. The van der Waals surface area contributed by atoms with E-state index in [1.54, 1.807) is 0 Å². The first-order valence-electron chi connectivity index (χ1n) is 6.67. The predicted octanol–water partition coefficient (Wildman–Crippen LogP) is 1.96. The third kappa shape index (κ3) is 3.68. The summed E-state index contributed by atoms with van der Waals surface area (Å²) in [5.74, 6) is 0.968. The highest BCUT2D eigenvalue weighted by atomic mass is 16.3. The van der Waals surface area contributed by atoms with E-state index < -0.39 is 0 Å². The number of rotatable bonds is 7. The summed E-state index contributed by atoms with van der Waals surface area (Å²) in [6, 6.07) is 4.64. The van der Waals surface area contributed by atoms with Crippen molar-refractivity contribution in [1.29, 1.82) is 0 Å². The van der Waals surface area contributed by atoms with Crippen LogP contribution < -0.4 is 10.2 Å². The zero-order chi connectivity index (χ0) is 13.5. The minimum atomic E-state index is 0.143. The molecule has 0 fully saturated rings. The van der Waals surface area contributed by atoms with Crippen LogP contribution in [0.1, 0.15) is 39.3 Å². The maximum atomic E-state index is 9.19. The predicted molar refractivity (Wildman–Crippen MR) is 75.9 cm³/mol. The summed E-state index contributed by atoms with van der Waals surface area (Å²) in [6.45, 7) is 10.2. The zero-order valence-electron chi connectivity index (χ0n) is 11.8. The van der Waals surface area contributed by atoms with Gasteiger partial charge in [-0.05, 0) is 33.4 Å². The minimum Gasteiger partial charge on any atom is -0.395 e. The Kier molecular flexibility index (Phi) is 6.09. The number of hydrogen-bond donors (Lipinski definition) is 2. The topological polar surface area (TPSA) is 48.4 Å². The van der Waals surface area contributed by atoms with Crippen LogP contribution in [0, 0.1) is 0 Å². The Morgan fingerprint density at radius 1 is 1.39 bits per heavy atom. The summed E-state index contributed by atoms with van der Waals surface area (Å²) in [7, 11) is 0. The Balaban J connectivity index is 3.05. The van der Waals surface area contributed by atoms with Crippen LogP contribution in [0.5, 0.6) is 0 Å². The molecule has 0 aliphatic carbocycles. The Morgan fingerprint density at radius 3 is 2.67 bits per heavy atom. The van der Waals surface area contributed by atoms with E-state index in [4.69, 9.17) is 0 Å². The van der Waals surface area contributed by atoms with Gasteiger partial charge in [-0.15, -0.1) is 0 Å². The van der Waals surface area contributed by atoms with Crippen molar-refractivity contribution in [2.75, 3.05) is 24.6 Å². The number of nitrogens with zero attached hydrogens (tertiary/aromatic N) is 2. The maximum absolute atomic E-state index is 9.19. The van der Waals surface area contributed by atoms with Gasteiger partial charge < -0.3 is 15.3 Å². The Hall–Kier alpha value is -1.13. The zero-order valence-corrected chi connectivity index (χ0v) is 11.8. The number of pyridine rings is 1. The quantitative estimate of drug-likeness (QED) is 0.778. The maximum Gasteiger partial charge on any atom is 0.133 e. The van der Waals surface area contributed by atoms with E-state index in [0.29, 0.717) is 12.6 Å². The third-order valence-electron chi connectivity index (χ3n) is 3.03. The van der Waals surface area contributed by atoms with Gasteiger partial charge in [0.2, 0.25) is 0 Å². The molecule has 102 valence electrons. The second kappa shape index (κ2) is 7.34. The summed E-state index contributed by atoms with van der Waals surface area (Å²) in [4.78, 5) is 6.64. The first-order chi connectivity index (χ1) is 8.61. The molecule has 1 heterocycles. The van der Waals surface area contributed by atoms with Crippen molar-refractivity contribution in [2.45, 2.75) is 39.8 Å². The fourth-order valence-electron chi connectivity index (χ4n) is 2.12. The van der Waals surface area contributed by atoms with E-state index in [1.165, 1.54) is 5.56 Å². The van der Waals surface area contributed by atoms with Crippen LogP contribution in [-0.4, -0.2) is 35.8 Å². The average Bonchev–Trinajstić information content (AvgIpc) is 2.36. The number of aromatic nitrogens is 1. The van der Waals surface area contributed by atoms with Crippen molar-refractivity contribution in [2.24, 2.45) is 0 Å². The second-order valence-electron chi connectivity index (χ2n) is 4.71. The smallest absolute Gasteiger partial charge is 0.133 e. The van der Waals surface area contributed by atoms with Gasteiger partial charge in [-0.1, -0.05) is 13.0 Å². The van der Waals surface area contributed by atoms with Crippen LogP contribution >= 0.6 is 0 Å². The highest BCUT2D eigenvalue weighted by Crippen LogP contribution is 2.25. The van der Waals surface area contributed by atoms with Crippen molar-refractivity contribution in [3.63, 3.8) is 0 Å². The molecule has 0 aliphatic heterocycles. The number of nitrogens with one attached hydrogen (secondary N) is 1. The normalized spacial score (nSPS) is 12.8. The van der Waals surface area contributed by atoms with Gasteiger partial charge in [0.1, 0.15) is 5.82 Å². The molecule has 1 unspecified atom stereocenters. The van der Waals surface area contributed by atoms with Crippen molar-refractivity contribution in [3.05, 3.63) is 23.9 Å². The fourth-order valence-corrected chi connectivity index (χ4v) is 2.12. The first kappa shape index (κ1) is 14.9. The monoisotopic (exact) mass is 251 g/mol. The van der Waals surface area contributed by atoms with Gasteiger partial charge in [0.25, 0.3) is 0 Å². The van der Waals surface area contributed by atoms with Crippen molar-refractivity contribution in [3.8, 4) is 0 Å². The van der Waals surface area contributed by atoms with E-state index in [1.807, 2.05) is 12.3 Å². The van der Waals surface area contributed by atoms with Crippen molar-refractivity contribution >= 4 is 5.82 Å².